The van der Waals surface area contributed by atoms with E-state index in [1.807, 2.05) is 0 Å². The second-order valence-corrected chi connectivity index (χ2v) is 26.0. The minimum atomic E-state index is -0.664. The van der Waals surface area contributed by atoms with Crippen LogP contribution >= 0.6 is 0 Å². The summed E-state index contributed by atoms with van der Waals surface area (Å²) in [5.41, 5.74) is 0. The van der Waals surface area contributed by atoms with Crippen molar-refractivity contribution in [3.8, 4) is 0 Å². The van der Waals surface area contributed by atoms with Gasteiger partial charge >= 0.3 is 5.97 Å². The Balaban J connectivity index is 3.36. The lowest BCUT2D eigenvalue weighted by molar-refractivity contribution is -0.143. The number of hydrogen-bond acceptors (Lipinski definition) is 5. The van der Waals surface area contributed by atoms with Crippen LogP contribution in [0.3, 0.4) is 0 Å². The molecule has 2 atom stereocenters. The van der Waals surface area contributed by atoms with Crippen LogP contribution in [0.25, 0.3) is 0 Å². The molecular weight excluding hydrogens is 1010 g/mol. The highest BCUT2D eigenvalue weighted by molar-refractivity contribution is 5.76. The predicted octanol–water partition coefficient (Wildman–Crippen LogP) is 24.5. The van der Waals surface area contributed by atoms with Gasteiger partial charge in [-0.2, -0.15) is 0 Å². The third-order valence-electron chi connectivity index (χ3n) is 17.7. The molecule has 0 bridgehead atoms. The highest BCUT2D eigenvalue weighted by Crippen LogP contribution is 2.19. The minimum absolute atomic E-state index is 0.0106. The zero-order chi connectivity index (χ0) is 59.2. The standard InChI is InChI=1S/C76H147NO5/c1-3-5-7-9-11-13-15-17-19-21-34-37-40-44-48-52-56-60-64-68-74(79)73(72-78)77-75(80)69-65-61-57-53-49-45-41-38-35-32-30-28-26-24-22-23-25-27-29-31-33-36-39-43-47-51-55-59-63-67-71-82-76(81)70-66-62-58-54-50-46-42-20-18-16-14-12-10-8-6-4-2/h20,23,25,42,73-74,78-79H,3-19,21-22,24,26-41,43-72H2,1-2H3,(H,77,80)/b25-23-,42-20-. The van der Waals surface area contributed by atoms with Crippen molar-refractivity contribution in [2.75, 3.05) is 13.2 Å². The number of unbranched alkanes of at least 4 members (excludes halogenated alkanes) is 56. The van der Waals surface area contributed by atoms with Crippen LogP contribution in [0.4, 0.5) is 0 Å². The van der Waals surface area contributed by atoms with Gasteiger partial charge in [0.05, 0.1) is 25.4 Å². The normalized spacial score (nSPS) is 12.6. The Hall–Kier alpha value is -1.66. The first-order chi connectivity index (χ1) is 40.5. The molecule has 0 radical (unpaired) electrons. The van der Waals surface area contributed by atoms with Crippen molar-refractivity contribution in [1.82, 2.24) is 5.32 Å². The fourth-order valence-corrected chi connectivity index (χ4v) is 12.0. The Bertz CT molecular complexity index is 1280. The molecule has 0 aliphatic rings. The summed E-state index contributed by atoms with van der Waals surface area (Å²) in [6, 6.07) is -0.541. The number of hydrogen-bond donors (Lipinski definition) is 3. The van der Waals surface area contributed by atoms with E-state index in [0.29, 0.717) is 25.9 Å². The number of aliphatic hydroxyl groups is 2. The summed E-state index contributed by atoms with van der Waals surface area (Å²) in [4.78, 5) is 24.6. The Kier molecular flexibility index (Phi) is 70.4. The average molecular weight is 1160 g/mol. The zero-order valence-corrected chi connectivity index (χ0v) is 55.8. The van der Waals surface area contributed by atoms with E-state index in [1.54, 1.807) is 0 Å². The van der Waals surface area contributed by atoms with E-state index < -0.39 is 12.1 Å². The van der Waals surface area contributed by atoms with Gasteiger partial charge in [0.1, 0.15) is 0 Å². The largest absolute Gasteiger partial charge is 0.466 e. The number of rotatable bonds is 71. The molecule has 82 heavy (non-hydrogen) atoms. The van der Waals surface area contributed by atoms with Crippen molar-refractivity contribution >= 4 is 11.9 Å². The lowest BCUT2D eigenvalue weighted by Crippen LogP contribution is -2.45. The van der Waals surface area contributed by atoms with Crippen LogP contribution in [0, 0.1) is 0 Å². The number of nitrogens with one attached hydrogen (secondary N) is 1. The Labute approximate surface area is 513 Å². The molecule has 6 nitrogen and oxygen atoms in total. The molecule has 0 heterocycles. The van der Waals surface area contributed by atoms with Gasteiger partial charge < -0.3 is 20.3 Å². The Morgan fingerprint density at radius 1 is 0.329 bits per heavy atom. The van der Waals surface area contributed by atoms with Crippen LogP contribution in [0.15, 0.2) is 24.3 Å². The van der Waals surface area contributed by atoms with Crippen molar-refractivity contribution in [2.24, 2.45) is 0 Å². The molecule has 3 N–H and O–H groups in total. The zero-order valence-electron chi connectivity index (χ0n) is 55.8. The van der Waals surface area contributed by atoms with Crippen LogP contribution in [0.5, 0.6) is 0 Å². The number of esters is 1. The van der Waals surface area contributed by atoms with Gasteiger partial charge in [-0.15, -0.1) is 0 Å². The van der Waals surface area contributed by atoms with E-state index in [4.69, 9.17) is 4.74 Å². The van der Waals surface area contributed by atoms with Gasteiger partial charge in [0.15, 0.2) is 0 Å². The molecule has 0 spiro atoms. The summed E-state index contributed by atoms with van der Waals surface area (Å²) in [5, 5.41) is 23.4. The summed E-state index contributed by atoms with van der Waals surface area (Å²) >= 11 is 0. The number of amides is 1. The van der Waals surface area contributed by atoms with Gasteiger partial charge in [-0.3, -0.25) is 9.59 Å². The van der Waals surface area contributed by atoms with Crippen molar-refractivity contribution in [2.45, 2.75) is 437 Å². The summed E-state index contributed by atoms with van der Waals surface area (Å²) in [6.07, 6.45) is 91.0. The van der Waals surface area contributed by atoms with Gasteiger partial charge in [-0.25, -0.2) is 0 Å². The second-order valence-electron chi connectivity index (χ2n) is 26.0. The molecule has 0 saturated carbocycles. The maximum Gasteiger partial charge on any atom is 0.305 e. The minimum Gasteiger partial charge on any atom is -0.466 e. The smallest absolute Gasteiger partial charge is 0.305 e. The molecule has 0 aromatic carbocycles. The maximum atomic E-state index is 12.5. The van der Waals surface area contributed by atoms with Crippen LogP contribution in [0.2, 0.25) is 0 Å². The van der Waals surface area contributed by atoms with Crippen molar-refractivity contribution < 1.29 is 24.5 Å². The number of ether oxygens (including phenoxy) is 1. The first-order valence-electron chi connectivity index (χ1n) is 37.6. The molecule has 0 aliphatic heterocycles. The first-order valence-corrected chi connectivity index (χ1v) is 37.6. The molecule has 2 unspecified atom stereocenters. The summed E-state index contributed by atoms with van der Waals surface area (Å²) in [6.45, 7) is 4.99. The monoisotopic (exact) mass is 1150 g/mol. The SMILES string of the molecule is CCCCCCCCC/C=C\CCCCCCCC(=O)OCCCCCCCCCCCCCC/C=C\CCCCCCCCCCCCCCCCC(=O)NC(CO)C(O)CCCCCCCCCCCCCCCCCCCCC. The van der Waals surface area contributed by atoms with E-state index in [0.717, 1.165) is 44.9 Å². The molecule has 0 rings (SSSR count). The van der Waals surface area contributed by atoms with E-state index in [-0.39, 0.29) is 18.5 Å². The van der Waals surface area contributed by atoms with E-state index in [2.05, 4.69) is 43.5 Å². The average Bonchev–Trinajstić information content (AvgIpc) is 3.48. The second kappa shape index (κ2) is 71.8. The highest BCUT2D eigenvalue weighted by atomic mass is 16.5. The third kappa shape index (κ3) is 67.5. The van der Waals surface area contributed by atoms with Gasteiger partial charge in [-0.05, 0) is 77.0 Å². The van der Waals surface area contributed by atoms with Crippen molar-refractivity contribution in [3.63, 3.8) is 0 Å². The van der Waals surface area contributed by atoms with E-state index >= 15 is 0 Å². The lowest BCUT2D eigenvalue weighted by Gasteiger charge is -2.22. The first kappa shape index (κ1) is 80.3. The van der Waals surface area contributed by atoms with Crippen LogP contribution < -0.4 is 5.32 Å². The fraction of sp³-hybridized carbons (Fsp3) is 0.921. The molecule has 0 aromatic heterocycles. The molecule has 6 heteroatoms. The molecule has 0 aromatic rings. The fourth-order valence-electron chi connectivity index (χ4n) is 12.0. The highest BCUT2D eigenvalue weighted by Gasteiger charge is 2.20. The van der Waals surface area contributed by atoms with Gasteiger partial charge in [0, 0.05) is 12.8 Å². The van der Waals surface area contributed by atoms with Gasteiger partial charge in [0.2, 0.25) is 5.91 Å². The summed E-state index contributed by atoms with van der Waals surface area (Å²) < 4.78 is 5.50. The topological polar surface area (TPSA) is 95.9 Å². The molecular formula is C76H147NO5. The molecule has 1 amide bonds. The van der Waals surface area contributed by atoms with Gasteiger partial charge in [0.25, 0.3) is 0 Å². The number of allylic oxidation sites excluding steroid dienone is 4. The van der Waals surface area contributed by atoms with Crippen LogP contribution in [-0.2, 0) is 14.3 Å². The molecule has 0 fully saturated rings. The van der Waals surface area contributed by atoms with E-state index in [9.17, 15) is 19.8 Å². The van der Waals surface area contributed by atoms with Crippen LogP contribution in [-0.4, -0.2) is 47.4 Å². The molecule has 0 saturated heterocycles. The number of aliphatic hydroxyl groups excluding tert-OH is 2. The van der Waals surface area contributed by atoms with Crippen LogP contribution in [0.1, 0.15) is 425 Å². The van der Waals surface area contributed by atoms with Gasteiger partial charge in [-0.1, -0.05) is 359 Å². The summed E-state index contributed by atoms with van der Waals surface area (Å²) in [5.74, 6) is -0.0184. The van der Waals surface area contributed by atoms with E-state index in [1.165, 1.54) is 347 Å². The Morgan fingerprint density at radius 2 is 0.573 bits per heavy atom. The number of carbonyl (C=O) groups is 2. The third-order valence-corrected chi connectivity index (χ3v) is 17.7. The number of carbonyl (C=O) groups excluding carboxylic acids is 2. The maximum absolute atomic E-state index is 12.5. The Morgan fingerprint density at radius 3 is 0.866 bits per heavy atom. The molecule has 486 valence electrons. The summed E-state index contributed by atoms with van der Waals surface area (Å²) in [7, 11) is 0. The van der Waals surface area contributed by atoms with Crippen molar-refractivity contribution in [1.29, 1.82) is 0 Å². The van der Waals surface area contributed by atoms with Crippen molar-refractivity contribution in [3.05, 3.63) is 24.3 Å². The predicted molar refractivity (Wildman–Crippen MR) is 361 cm³/mol. The molecule has 0 aliphatic carbocycles. The lowest BCUT2D eigenvalue weighted by atomic mass is 10.0. The quantitative estimate of drug-likeness (QED) is 0.0320.